The number of nitrogens with zero attached hydrogens (tertiary/aromatic N) is 2. The van der Waals surface area contributed by atoms with Gasteiger partial charge in [0.2, 0.25) is 11.0 Å². The van der Waals surface area contributed by atoms with E-state index in [4.69, 9.17) is 0 Å². The number of para-hydroxylation sites is 1. The lowest BCUT2D eigenvalue weighted by Gasteiger charge is -2.06. The summed E-state index contributed by atoms with van der Waals surface area (Å²) >= 11 is 2.85. The molecule has 0 radical (unpaired) electrons. The van der Waals surface area contributed by atoms with E-state index in [9.17, 15) is 4.79 Å². The second-order valence-corrected chi connectivity index (χ2v) is 7.05. The van der Waals surface area contributed by atoms with Gasteiger partial charge in [0, 0.05) is 12.2 Å². The van der Waals surface area contributed by atoms with E-state index >= 15 is 0 Å². The van der Waals surface area contributed by atoms with Gasteiger partial charge in [-0.1, -0.05) is 55.1 Å². The quantitative estimate of drug-likeness (QED) is 0.767. The average molecular weight is 322 g/mol. The van der Waals surface area contributed by atoms with E-state index in [0.29, 0.717) is 18.2 Å². The van der Waals surface area contributed by atoms with Crippen molar-refractivity contribution >= 4 is 39.8 Å². The third kappa shape index (κ3) is 5.73. The van der Waals surface area contributed by atoms with Gasteiger partial charge in [-0.15, -0.1) is 10.2 Å². The molecule has 0 aliphatic rings. The number of carbonyl (C=O) groups excluding carboxylic acids is 1. The molecule has 1 amide bonds. The Morgan fingerprint density at radius 3 is 2.76 bits per heavy atom. The molecule has 0 saturated heterocycles. The van der Waals surface area contributed by atoms with E-state index in [1.165, 1.54) is 23.1 Å². The predicted octanol–water partition coefficient (Wildman–Crippen LogP) is 3.15. The van der Waals surface area contributed by atoms with Gasteiger partial charge < -0.3 is 10.6 Å². The molecular weight excluding hydrogens is 304 g/mol. The first-order valence-corrected chi connectivity index (χ1v) is 8.49. The van der Waals surface area contributed by atoms with Gasteiger partial charge in [-0.25, -0.2) is 0 Å². The largest absolute Gasteiger partial charge is 0.355 e. The van der Waals surface area contributed by atoms with Crippen LogP contribution in [0.15, 0.2) is 34.7 Å². The fraction of sp³-hybridized carbons (Fsp3) is 0.357. The molecule has 7 heteroatoms. The Morgan fingerprint density at radius 1 is 1.29 bits per heavy atom. The van der Waals surface area contributed by atoms with Gasteiger partial charge in [0.1, 0.15) is 0 Å². The Balaban J connectivity index is 1.79. The van der Waals surface area contributed by atoms with Gasteiger partial charge in [0.05, 0.1) is 5.75 Å². The number of thioether (sulfide) groups is 1. The molecule has 1 aromatic carbocycles. The monoisotopic (exact) mass is 322 g/mol. The molecule has 0 spiro atoms. The zero-order chi connectivity index (χ0) is 15.1. The Kier molecular flexibility index (Phi) is 6.01. The molecule has 0 bridgehead atoms. The van der Waals surface area contributed by atoms with Crippen molar-refractivity contribution in [3.63, 3.8) is 0 Å². The SMILES string of the molecule is CC(C)CNC(=O)CSc1nnc(Nc2ccccc2)s1. The van der Waals surface area contributed by atoms with Crippen LogP contribution in [0.25, 0.3) is 0 Å². The fourth-order valence-corrected chi connectivity index (χ4v) is 3.06. The third-order valence-corrected chi connectivity index (χ3v) is 4.44. The highest BCUT2D eigenvalue weighted by Crippen LogP contribution is 2.27. The van der Waals surface area contributed by atoms with E-state index in [1.807, 2.05) is 30.3 Å². The first kappa shape index (κ1) is 15.8. The number of benzene rings is 1. The minimum atomic E-state index is 0.0291. The Hall–Kier alpha value is -1.60. The summed E-state index contributed by atoms with van der Waals surface area (Å²) in [6.45, 7) is 4.84. The van der Waals surface area contributed by atoms with Crippen LogP contribution >= 0.6 is 23.1 Å². The number of amides is 1. The lowest BCUT2D eigenvalue weighted by molar-refractivity contribution is -0.118. The van der Waals surface area contributed by atoms with Crippen molar-refractivity contribution in [2.75, 3.05) is 17.6 Å². The summed E-state index contributed by atoms with van der Waals surface area (Å²) in [5.41, 5.74) is 0.972. The van der Waals surface area contributed by atoms with Crippen LogP contribution in [0.4, 0.5) is 10.8 Å². The Morgan fingerprint density at radius 2 is 2.05 bits per heavy atom. The highest BCUT2D eigenvalue weighted by Gasteiger charge is 2.08. The van der Waals surface area contributed by atoms with Gasteiger partial charge in [0.25, 0.3) is 0 Å². The first-order chi connectivity index (χ1) is 10.1. The van der Waals surface area contributed by atoms with Crippen LogP contribution in [0.1, 0.15) is 13.8 Å². The van der Waals surface area contributed by atoms with Crippen molar-refractivity contribution in [3.05, 3.63) is 30.3 Å². The minimum Gasteiger partial charge on any atom is -0.355 e. The van der Waals surface area contributed by atoms with Crippen molar-refractivity contribution in [2.24, 2.45) is 5.92 Å². The van der Waals surface area contributed by atoms with Gasteiger partial charge in [-0.2, -0.15) is 0 Å². The molecule has 0 fully saturated rings. The summed E-state index contributed by atoms with van der Waals surface area (Å²) in [5, 5.41) is 14.9. The number of rotatable bonds is 7. The minimum absolute atomic E-state index is 0.0291. The Labute approximate surface area is 132 Å². The number of hydrogen-bond acceptors (Lipinski definition) is 6. The molecule has 112 valence electrons. The van der Waals surface area contributed by atoms with E-state index < -0.39 is 0 Å². The predicted molar refractivity (Wildman–Crippen MR) is 88.2 cm³/mol. The molecule has 0 saturated carbocycles. The lowest BCUT2D eigenvalue weighted by Crippen LogP contribution is -2.28. The molecule has 2 N–H and O–H groups in total. The number of nitrogens with one attached hydrogen (secondary N) is 2. The highest BCUT2D eigenvalue weighted by molar-refractivity contribution is 8.01. The second-order valence-electron chi connectivity index (χ2n) is 4.85. The van der Waals surface area contributed by atoms with Crippen LogP contribution < -0.4 is 10.6 Å². The molecule has 1 aromatic heterocycles. The van der Waals surface area contributed by atoms with Crippen LogP contribution in [0, 0.1) is 5.92 Å². The van der Waals surface area contributed by atoms with Gasteiger partial charge >= 0.3 is 0 Å². The third-order valence-electron chi connectivity index (χ3n) is 2.47. The summed E-state index contributed by atoms with van der Waals surface area (Å²) in [7, 11) is 0. The topological polar surface area (TPSA) is 66.9 Å². The van der Waals surface area contributed by atoms with Crippen molar-refractivity contribution in [1.29, 1.82) is 0 Å². The number of aromatic nitrogens is 2. The molecule has 0 aliphatic carbocycles. The molecule has 2 aromatic rings. The maximum absolute atomic E-state index is 11.6. The molecule has 5 nitrogen and oxygen atoms in total. The van der Waals surface area contributed by atoms with Gasteiger partial charge in [0.15, 0.2) is 4.34 Å². The number of carbonyl (C=O) groups is 1. The smallest absolute Gasteiger partial charge is 0.230 e. The highest BCUT2D eigenvalue weighted by atomic mass is 32.2. The van der Waals surface area contributed by atoms with Crippen LogP contribution in [-0.2, 0) is 4.79 Å². The summed E-state index contributed by atoms with van der Waals surface area (Å²) in [5.74, 6) is 0.857. The fourth-order valence-electron chi connectivity index (χ4n) is 1.46. The van der Waals surface area contributed by atoms with Crippen molar-refractivity contribution in [3.8, 4) is 0 Å². The molecule has 0 atom stereocenters. The molecule has 2 rings (SSSR count). The normalized spacial score (nSPS) is 10.6. The first-order valence-electron chi connectivity index (χ1n) is 6.68. The average Bonchev–Trinajstić information content (AvgIpc) is 2.91. The lowest BCUT2D eigenvalue weighted by atomic mass is 10.2. The van der Waals surface area contributed by atoms with Crippen LogP contribution in [0.2, 0.25) is 0 Å². The number of anilines is 2. The van der Waals surface area contributed by atoms with E-state index in [1.54, 1.807) is 0 Å². The van der Waals surface area contributed by atoms with E-state index in [-0.39, 0.29) is 5.91 Å². The van der Waals surface area contributed by atoms with Crippen LogP contribution in [0.3, 0.4) is 0 Å². The van der Waals surface area contributed by atoms with Gasteiger partial charge in [-0.3, -0.25) is 4.79 Å². The zero-order valence-corrected chi connectivity index (χ0v) is 13.6. The van der Waals surface area contributed by atoms with Gasteiger partial charge in [-0.05, 0) is 18.1 Å². The molecule has 1 heterocycles. The van der Waals surface area contributed by atoms with Crippen molar-refractivity contribution in [2.45, 2.75) is 18.2 Å². The second kappa shape index (κ2) is 7.99. The molecule has 0 aliphatic heterocycles. The molecular formula is C14H18N4OS2. The maximum Gasteiger partial charge on any atom is 0.230 e. The van der Waals surface area contributed by atoms with Crippen LogP contribution in [-0.4, -0.2) is 28.4 Å². The molecule has 0 unspecified atom stereocenters. The summed E-state index contributed by atoms with van der Waals surface area (Å²) in [4.78, 5) is 11.6. The summed E-state index contributed by atoms with van der Waals surface area (Å²) in [6, 6.07) is 9.81. The van der Waals surface area contributed by atoms with Crippen LogP contribution in [0.5, 0.6) is 0 Å². The summed E-state index contributed by atoms with van der Waals surface area (Å²) in [6.07, 6.45) is 0. The Bertz CT molecular complexity index is 571. The standard InChI is InChI=1S/C14H18N4OS2/c1-10(2)8-15-12(19)9-20-14-18-17-13(21-14)16-11-6-4-3-5-7-11/h3-7,10H,8-9H2,1-2H3,(H,15,19)(H,16,17). The maximum atomic E-state index is 11.6. The van der Waals surface area contributed by atoms with E-state index in [2.05, 4.69) is 34.7 Å². The summed E-state index contributed by atoms with van der Waals surface area (Å²) < 4.78 is 0.785. The molecule has 21 heavy (non-hydrogen) atoms. The zero-order valence-electron chi connectivity index (χ0n) is 12.0. The number of hydrogen-bond donors (Lipinski definition) is 2. The van der Waals surface area contributed by atoms with Crippen molar-refractivity contribution < 1.29 is 4.79 Å². The van der Waals surface area contributed by atoms with Crippen molar-refractivity contribution in [1.82, 2.24) is 15.5 Å². The van der Waals surface area contributed by atoms with E-state index in [0.717, 1.165) is 15.2 Å².